The highest BCUT2D eigenvalue weighted by Gasteiger charge is 2.11. The summed E-state index contributed by atoms with van der Waals surface area (Å²) >= 11 is 0. The third kappa shape index (κ3) is 2.04. The van der Waals surface area contributed by atoms with Gasteiger partial charge in [-0.15, -0.1) is 0 Å². The van der Waals surface area contributed by atoms with Crippen LogP contribution in [0.2, 0.25) is 0 Å². The molecule has 0 amide bonds. The number of H-pyrrole nitrogens is 1. The number of nitrogens with two attached hydrogens (primary N) is 1. The fourth-order valence-corrected chi connectivity index (χ4v) is 2.17. The maximum atomic E-state index is 9.99. The Kier molecular flexibility index (Phi) is 2.89. The van der Waals surface area contributed by atoms with Crippen LogP contribution in [-0.4, -0.2) is 26.6 Å². The molecule has 0 spiro atoms. The summed E-state index contributed by atoms with van der Waals surface area (Å²) in [4.78, 5) is 11.8. The summed E-state index contributed by atoms with van der Waals surface area (Å²) in [6, 6.07) is 5.38. The van der Waals surface area contributed by atoms with Crippen LogP contribution < -0.4 is 5.73 Å². The first kappa shape index (κ1) is 11.7. The zero-order valence-corrected chi connectivity index (χ0v) is 10.3. The van der Waals surface area contributed by atoms with Crippen molar-refractivity contribution in [2.24, 2.45) is 5.73 Å². The van der Waals surface area contributed by atoms with E-state index in [4.69, 9.17) is 5.73 Å². The van der Waals surface area contributed by atoms with Gasteiger partial charge in [0.1, 0.15) is 5.75 Å². The van der Waals surface area contributed by atoms with Crippen LogP contribution in [0.25, 0.3) is 22.2 Å². The number of aromatic nitrogens is 3. The van der Waals surface area contributed by atoms with E-state index in [1.165, 1.54) is 0 Å². The number of hydrogen-bond donors (Lipinski definition) is 3. The largest absolute Gasteiger partial charge is 0.507 e. The number of aromatic hydroxyl groups is 1. The predicted molar refractivity (Wildman–Crippen MR) is 73.7 cm³/mol. The standard InChI is InChI=1S/C14H14N4O/c15-5-4-9-6-16-8-12(18-9)10-7-17-11-2-1-3-13(19)14(10)11/h1-3,6-8,17,19H,4-5,15H2. The van der Waals surface area contributed by atoms with Gasteiger partial charge in [-0.05, 0) is 18.7 Å². The third-order valence-corrected chi connectivity index (χ3v) is 3.04. The molecule has 1 aromatic carbocycles. The molecular formula is C14H14N4O. The van der Waals surface area contributed by atoms with Gasteiger partial charge in [-0.1, -0.05) is 6.07 Å². The van der Waals surface area contributed by atoms with Crippen LogP contribution in [-0.2, 0) is 6.42 Å². The summed E-state index contributed by atoms with van der Waals surface area (Å²) in [6.07, 6.45) is 5.93. The summed E-state index contributed by atoms with van der Waals surface area (Å²) in [5, 5.41) is 10.8. The normalized spacial score (nSPS) is 11.0. The number of fused-ring (bicyclic) bond motifs is 1. The zero-order chi connectivity index (χ0) is 13.2. The second-order valence-corrected chi connectivity index (χ2v) is 4.34. The Morgan fingerprint density at radius 3 is 3.00 bits per heavy atom. The van der Waals surface area contributed by atoms with E-state index in [1.54, 1.807) is 24.5 Å². The van der Waals surface area contributed by atoms with Crippen LogP contribution in [0.5, 0.6) is 5.75 Å². The summed E-state index contributed by atoms with van der Waals surface area (Å²) in [7, 11) is 0. The van der Waals surface area contributed by atoms with Crippen LogP contribution >= 0.6 is 0 Å². The van der Waals surface area contributed by atoms with E-state index in [0.29, 0.717) is 13.0 Å². The van der Waals surface area contributed by atoms with Crippen LogP contribution in [0.4, 0.5) is 0 Å². The van der Waals surface area contributed by atoms with E-state index in [2.05, 4.69) is 15.0 Å². The van der Waals surface area contributed by atoms with Crippen LogP contribution in [0, 0.1) is 0 Å². The fraction of sp³-hybridized carbons (Fsp3) is 0.143. The molecule has 4 N–H and O–H groups in total. The summed E-state index contributed by atoms with van der Waals surface area (Å²) in [6.45, 7) is 0.539. The van der Waals surface area contributed by atoms with Gasteiger partial charge in [0.25, 0.3) is 0 Å². The van der Waals surface area contributed by atoms with E-state index in [-0.39, 0.29) is 5.75 Å². The highest BCUT2D eigenvalue weighted by molar-refractivity contribution is 5.98. The second-order valence-electron chi connectivity index (χ2n) is 4.34. The van der Waals surface area contributed by atoms with E-state index >= 15 is 0 Å². The van der Waals surface area contributed by atoms with Crippen molar-refractivity contribution in [3.8, 4) is 17.0 Å². The predicted octanol–water partition coefficient (Wildman–Crippen LogP) is 1.83. The molecule has 5 nitrogen and oxygen atoms in total. The third-order valence-electron chi connectivity index (χ3n) is 3.04. The molecule has 0 aliphatic rings. The fourth-order valence-electron chi connectivity index (χ4n) is 2.17. The van der Waals surface area contributed by atoms with Crippen molar-refractivity contribution in [1.29, 1.82) is 0 Å². The van der Waals surface area contributed by atoms with Crippen molar-refractivity contribution < 1.29 is 5.11 Å². The van der Waals surface area contributed by atoms with E-state index in [1.807, 2.05) is 12.3 Å². The van der Waals surface area contributed by atoms with E-state index in [9.17, 15) is 5.11 Å². The average molecular weight is 254 g/mol. The molecule has 0 saturated heterocycles. The van der Waals surface area contributed by atoms with Crippen molar-refractivity contribution in [2.45, 2.75) is 6.42 Å². The van der Waals surface area contributed by atoms with E-state index in [0.717, 1.165) is 27.9 Å². The van der Waals surface area contributed by atoms with Gasteiger partial charge < -0.3 is 15.8 Å². The monoisotopic (exact) mass is 254 g/mol. The highest BCUT2D eigenvalue weighted by Crippen LogP contribution is 2.33. The van der Waals surface area contributed by atoms with Gasteiger partial charge in [0.2, 0.25) is 0 Å². The lowest BCUT2D eigenvalue weighted by Crippen LogP contribution is -2.05. The molecule has 0 atom stereocenters. The molecule has 96 valence electrons. The minimum absolute atomic E-state index is 0.236. The van der Waals surface area contributed by atoms with Gasteiger partial charge in [0.15, 0.2) is 0 Å². The average Bonchev–Trinajstić information content (AvgIpc) is 2.85. The van der Waals surface area contributed by atoms with Gasteiger partial charge in [0.05, 0.1) is 23.0 Å². The van der Waals surface area contributed by atoms with Crippen molar-refractivity contribution in [3.05, 3.63) is 42.5 Å². The van der Waals surface area contributed by atoms with Crippen molar-refractivity contribution in [3.63, 3.8) is 0 Å². The second kappa shape index (κ2) is 4.70. The zero-order valence-electron chi connectivity index (χ0n) is 10.3. The Morgan fingerprint density at radius 1 is 1.26 bits per heavy atom. The molecule has 2 heterocycles. The van der Waals surface area contributed by atoms with E-state index < -0.39 is 0 Å². The smallest absolute Gasteiger partial charge is 0.125 e. The highest BCUT2D eigenvalue weighted by atomic mass is 16.3. The summed E-state index contributed by atoms with van der Waals surface area (Å²) < 4.78 is 0. The molecule has 5 heteroatoms. The number of nitrogens with zero attached hydrogens (tertiary/aromatic N) is 2. The minimum Gasteiger partial charge on any atom is -0.507 e. The number of phenolic OH excluding ortho intramolecular Hbond substituents is 1. The lowest BCUT2D eigenvalue weighted by Gasteiger charge is -2.03. The van der Waals surface area contributed by atoms with Gasteiger partial charge in [-0.3, -0.25) is 4.98 Å². The van der Waals surface area contributed by atoms with Gasteiger partial charge >= 0.3 is 0 Å². The minimum atomic E-state index is 0.236. The van der Waals surface area contributed by atoms with Crippen LogP contribution in [0.1, 0.15) is 5.69 Å². The molecular weight excluding hydrogens is 240 g/mol. The lowest BCUT2D eigenvalue weighted by atomic mass is 10.1. The van der Waals surface area contributed by atoms with Crippen molar-refractivity contribution in [1.82, 2.24) is 15.0 Å². The number of hydrogen-bond acceptors (Lipinski definition) is 4. The Hall–Kier alpha value is -2.40. The molecule has 0 aliphatic carbocycles. The Labute approximate surface area is 110 Å². The number of rotatable bonds is 3. The van der Waals surface area contributed by atoms with Crippen molar-refractivity contribution in [2.75, 3.05) is 6.54 Å². The van der Waals surface area contributed by atoms with Crippen LogP contribution in [0.3, 0.4) is 0 Å². The van der Waals surface area contributed by atoms with Gasteiger partial charge in [-0.25, -0.2) is 4.98 Å². The van der Waals surface area contributed by atoms with Gasteiger partial charge in [0, 0.05) is 29.9 Å². The topological polar surface area (TPSA) is 87.8 Å². The van der Waals surface area contributed by atoms with Crippen LogP contribution in [0.15, 0.2) is 36.8 Å². The Bertz CT molecular complexity index is 720. The maximum Gasteiger partial charge on any atom is 0.125 e. The number of aromatic amines is 1. The first-order chi connectivity index (χ1) is 9.29. The van der Waals surface area contributed by atoms with Gasteiger partial charge in [-0.2, -0.15) is 0 Å². The number of nitrogens with one attached hydrogen (secondary N) is 1. The maximum absolute atomic E-state index is 9.99. The summed E-state index contributed by atoms with van der Waals surface area (Å²) in [5.74, 6) is 0.236. The Morgan fingerprint density at radius 2 is 2.16 bits per heavy atom. The molecule has 0 radical (unpaired) electrons. The quantitative estimate of drug-likeness (QED) is 0.665. The molecule has 3 aromatic rings. The molecule has 19 heavy (non-hydrogen) atoms. The first-order valence-corrected chi connectivity index (χ1v) is 6.10. The van der Waals surface area contributed by atoms with Crippen molar-refractivity contribution >= 4 is 10.9 Å². The Balaban J connectivity index is 2.16. The summed E-state index contributed by atoms with van der Waals surface area (Å²) in [5.41, 5.74) is 8.84. The first-order valence-electron chi connectivity index (χ1n) is 6.10. The lowest BCUT2D eigenvalue weighted by molar-refractivity contribution is 0.482. The molecule has 0 fully saturated rings. The number of benzene rings is 1. The number of phenols is 1. The molecule has 0 saturated carbocycles. The molecule has 0 bridgehead atoms. The SMILES string of the molecule is NCCc1cncc(-c2c[nH]c3cccc(O)c23)n1. The molecule has 2 aromatic heterocycles. The molecule has 3 rings (SSSR count). The molecule has 0 aliphatic heterocycles. The molecule has 0 unspecified atom stereocenters.